The molecule has 0 aliphatic rings. The molecule has 0 aliphatic heterocycles. The smallest absolute Gasteiger partial charge is 0.189 e. The number of ether oxygens (including phenoxy) is 2. The lowest BCUT2D eigenvalue weighted by molar-refractivity contribution is 0.00466. The highest BCUT2D eigenvalue weighted by Gasteiger charge is 2.00. The van der Waals surface area contributed by atoms with Crippen LogP contribution in [0.2, 0.25) is 0 Å². The first-order valence-electron chi connectivity index (χ1n) is 5.78. The lowest BCUT2D eigenvalue weighted by Gasteiger charge is -2.10. The summed E-state index contributed by atoms with van der Waals surface area (Å²) < 4.78 is 11.1. The molecule has 0 amide bonds. The molecule has 2 aromatic rings. The fourth-order valence-electron chi connectivity index (χ4n) is 1.59. The SMILES string of the molecule is BrCc1ccccc1OCOCc1ccccc1. The van der Waals surface area contributed by atoms with Gasteiger partial charge in [0.05, 0.1) is 6.61 Å². The molecule has 0 fully saturated rings. The van der Waals surface area contributed by atoms with Gasteiger partial charge in [-0.25, -0.2) is 0 Å². The number of hydrogen-bond donors (Lipinski definition) is 0. The van der Waals surface area contributed by atoms with E-state index in [9.17, 15) is 0 Å². The summed E-state index contributed by atoms with van der Waals surface area (Å²) in [6, 6.07) is 18.0. The predicted molar refractivity (Wildman–Crippen MR) is 75.8 cm³/mol. The number of para-hydroxylation sites is 1. The summed E-state index contributed by atoms with van der Waals surface area (Å²) in [5, 5.41) is 0.780. The van der Waals surface area contributed by atoms with E-state index in [4.69, 9.17) is 9.47 Å². The Morgan fingerprint density at radius 1 is 0.889 bits per heavy atom. The lowest BCUT2D eigenvalue weighted by Crippen LogP contribution is -2.04. The van der Waals surface area contributed by atoms with Crippen molar-refractivity contribution in [2.24, 2.45) is 0 Å². The van der Waals surface area contributed by atoms with Crippen molar-refractivity contribution in [3.05, 3.63) is 65.7 Å². The van der Waals surface area contributed by atoms with Crippen molar-refractivity contribution in [2.75, 3.05) is 6.79 Å². The highest BCUT2D eigenvalue weighted by molar-refractivity contribution is 9.08. The van der Waals surface area contributed by atoms with Gasteiger partial charge in [-0.15, -0.1) is 0 Å². The van der Waals surface area contributed by atoms with Crippen molar-refractivity contribution in [3.8, 4) is 5.75 Å². The summed E-state index contributed by atoms with van der Waals surface area (Å²) in [4.78, 5) is 0. The Bertz CT molecular complexity index is 471. The van der Waals surface area contributed by atoms with Crippen LogP contribution in [0.3, 0.4) is 0 Å². The van der Waals surface area contributed by atoms with Gasteiger partial charge in [0.1, 0.15) is 5.75 Å². The van der Waals surface area contributed by atoms with Gasteiger partial charge in [0.25, 0.3) is 0 Å². The van der Waals surface area contributed by atoms with Gasteiger partial charge in [0.15, 0.2) is 6.79 Å². The topological polar surface area (TPSA) is 18.5 Å². The third kappa shape index (κ3) is 3.86. The molecular formula is C15H15BrO2. The number of hydrogen-bond acceptors (Lipinski definition) is 2. The molecule has 2 rings (SSSR count). The Labute approximate surface area is 116 Å². The maximum Gasteiger partial charge on any atom is 0.189 e. The molecule has 2 nitrogen and oxygen atoms in total. The molecule has 0 radical (unpaired) electrons. The Balaban J connectivity index is 1.78. The van der Waals surface area contributed by atoms with Crippen LogP contribution in [-0.2, 0) is 16.7 Å². The number of alkyl halides is 1. The average molecular weight is 307 g/mol. The fourth-order valence-corrected chi connectivity index (χ4v) is 2.06. The van der Waals surface area contributed by atoms with Crippen molar-refractivity contribution in [1.29, 1.82) is 0 Å². The standard InChI is InChI=1S/C15H15BrO2/c16-10-14-8-4-5-9-15(14)18-12-17-11-13-6-2-1-3-7-13/h1-9H,10-12H2. The van der Waals surface area contributed by atoms with E-state index in [2.05, 4.69) is 15.9 Å². The van der Waals surface area contributed by atoms with Crippen molar-refractivity contribution in [2.45, 2.75) is 11.9 Å². The van der Waals surface area contributed by atoms with Crippen LogP contribution >= 0.6 is 15.9 Å². The van der Waals surface area contributed by atoms with E-state index < -0.39 is 0 Å². The first kappa shape index (κ1) is 13.1. The summed E-state index contributed by atoms with van der Waals surface area (Å²) in [5.41, 5.74) is 2.27. The maximum absolute atomic E-state index is 5.60. The van der Waals surface area contributed by atoms with E-state index in [-0.39, 0.29) is 6.79 Å². The molecule has 0 atom stereocenters. The summed E-state index contributed by atoms with van der Waals surface area (Å²) in [6.07, 6.45) is 0. The van der Waals surface area contributed by atoms with E-state index in [0.29, 0.717) is 6.61 Å². The van der Waals surface area contributed by atoms with Crippen LogP contribution in [0, 0.1) is 0 Å². The Morgan fingerprint density at radius 3 is 2.39 bits per heavy atom. The van der Waals surface area contributed by atoms with Gasteiger partial charge in [0, 0.05) is 10.9 Å². The number of benzene rings is 2. The van der Waals surface area contributed by atoms with E-state index >= 15 is 0 Å². The summed E-state index contributed by atoms with van der Waals surface area (Å²) in [6.45, 7) is 0.830. The average Bonchev–Trinajstić information content (AvgIpc) is 2.45. The third-order valence-corrected chi connectivity index (χ3v) is 3.13. The van der Waals surface area contributed by atoms with Gasteiger partial charge in [-0.1, -0.05) is 64.5 Å². The van der Waals surface area contributed by atoms with Crippen molar-refractivity contribution in [1.82, 2.24) is 0 Å². The maximum atomic E-state index is 5.60. The van der Waals surface area contributed by atoms with Crippen LogP contribution in [-0.4, -0.2) is 6.79 Å². The van der Waals surface area contributed by atoms with Crippen LogP contribution in [0.4, 0.5) is 0 Å². The molecule has 94 valence electrons. The monoisotopic (exact) mass is 306 g/mol. The number of halogens is 1. The Morgan fingerprint density at radius 2 is 1.61 bits per heavy atom. The zero-order chi connectivity index (χ0) is 12.6. The summed E-state index contributed by atoms with van der Waals surface area (Å²) in [7, 11) is 0. The second kappa shape index (κ2) is 7.19. The van der Waals surface area contributed by atoms with Gasteiger partial charge in [-0.05, 0) is 11.6 Å². The second-order valence-corrected chi connectivity index (χ2v) is 4.40. The third-order valence-electron chi connectivity index (χ3n) is 2.53. The first-order chi connectivity index (χ1) is 8.90. The molecule has 0 N–H and O–H groups in total. The van der Waals surface area contributed by atoms with Crippen molar-refractivity contribution >= 4 is 15.9 Å². The molecule has 0 saturated heterocycles. The van der Waals surface area contributed by atoms with Crippen molar-refractivity contribution in [3.63, 3.8) is 0 Å². The molecule has 0 heterocycles. The molecule has 0 saturated carbocycles. The molecule has 0 aromatic heterocycles. The van der Waals surface area contributed by atoms with Crippen LogP contribution in [0.25, 0.3) is 0 Å². The second-order valence-electron chi connectivity index (χ2n) is 3.84. The molecule has 18 heavy (non-hydrogen) atoms. The van der Waals surface area contributed by atoms with E-state index in [1.165, 1.54) is 0 Å². The molecule has 2 aromatic carbocycles. The normalized spacial score (nSPS) is 10.3. The Hall–Kier alpha value is -1.32. The largest absolute Gasteiger partial charge is 0.467 e. The van der Waals surface area contributed by atoms with E-state index in [1.807, 2.05) is 54.6 Å². The minimum absolute atomic E-state index is 0.263. The molecule has 3 heteroatoms. The lowest BCUT2D eigenvalue weighted by atomic mass is 10.2. The molecule has 0 bridgehead atoms. The van der Waals surface area contributed by atoms with Crippen LogP contribution in [0.5, 0.6) is 5.75 Å². The van der Waals surface area contributed by atoms with E-state index in [1.54, 1.807) is 0 Å². The van der Waals surface area contributed by atoms with Crippen LogP contribution in [0.1, 0.15) is 11.1 Å². The molecule has 0 spiro atoms. The van der Waals surface area contributed by atoms with Crippen LogP contribution in [0.15, 0.2) is 54.6 Å². The minimum Gasteiger partial charge on any atom is -0.467 e. The zero-order valence-corrected chi connectivity index (χ0v) is 11.6. The van der Waals surface area contributed by atoms with Gasteiger partial charge < -0.3 is 9.47 Å². The van der Waals surface area contributed by atoms with Gasteiger partial charge in [-0.2, -0.15) is 0 Å². The first-order valence-corrected chi connectivity index (χ1v) is 6.90. The molecular weight excluding hydrogens is 292 g/mol. The van der Waals surface area contributed by atoms with Gasteiger partial charge in [-0.3, -0.25) is 0 Å². The Kier molecular flexibility index (Phi) is 5.24. The highest BCUT2D eigenvalue weighted by atomic mass is 79.9. The van der Waals surface area contributed by atoms with Gasteiger partial charge in [0.2, 0.25) is 0 Å². The summed E-state index contributed by atoms with van der Waals surface area (Å²) >= 11 is 3.43. The van der Waals surface area contributed by atoms with Crippen molar-refractivity contribution < 1.29 is 9.47 Å². The number of rotatable bonds is 6. The van der Waals surface area contributed by atoms with Gasteiger partial charge >= 0.3 is 0 Å². The minimum atomic E-state index is 0.263. The predicted octanol–water partition coefficient (Wildman–Crippen LogP) is 4.13. The fraction of sp³-hybridized carbons (Fsp3) is 0.200. The summed E-state index contributed by atoms with van der Waals surface area (Å²) in [5.74, 6) is 0.863. The molecule has 0 unspecified atom stereocenters. The van der Waals surface area contributed by atoms with E-state index in [0.717, 1.165) is 22.2 Å². The van der Waals surface area contributed by atoms with Crippen LogP contribution < -0.4 is 4.74 Å². The zero-order valence-electron chi connectivity index (χ0n) is 10.0. The molecule has 0 aliphatic carbocycles. The quantitative estimate of drug-likeness (QED) is 0.454. The highest BCUT2D eigenvalue weighted by Crippen LogP contribution is 2.20.